The summed E-state index contributed by atoms with van der Waals surface area (Å²) in [7, 11) is 0. The van der Waals surface area contributed by atoms with Gasteiger partial charge in [0.1, 0.15) is 0 Å². The van der Waals surface area contributed by atoms with Crippen LogP contribution < -0.4 is 9.80 Å². The first kappa shape index (κ1) is 15.2. The quantitative estimate of drug-likeness (QED) is 0.842. The standard InChI is InChI=1S/C17H21FN6/c1-13-7-19-15(20-8-13)24-6-4-17(12-24)3-2-5-23(11-17)16-21-9-14(18)10-22-16/h7-10H,2-6,11-12H2,1H3/t17-/m0/s1. The Morgan fingerprint density at radius 1 is 0.875 bits per heavy atom. The van der Waals surface area contributed by atoms with Gasteiger partial charge in [0.15, 0.2) is 5.82 Å². The molecule has 0 N–H and O–H groups in total. The molecular formula is C17H21FN6. The molecule has 1 atom stereocenters. The molecule has 1 spiro atoms. The monoisotopic (exact) mass is 328 g/mol. The fourth-order valence-electron chi connectivity index (χ4n) is 3.84. The Bertz CT molecular complexity index is 704. The molecule has 2 aliphatic rings. The smallest absolute Gasteiger partial charge is 0.225 e. The normalized spacial score (nSPS) is 23.9. The third kappa shape index (κ3) is 2.90. The summed E-state index contributed by atoms with van der Waals surface area (Å²) in [6.45, 7) is 5.75. The van der Waals surface area contributed by atoms with Crippen LogP contribution in [-0.2, 0) is 0 Å². The summed E-state index contributed by atoms with van der Waals surface area (Å²) in [5.74, 6) is 1.04. The van der Waals surface area contributed by atoms with Crippen LogP contribution in [0.1, 0.15) is 24.8 Å². The molecule has 0 radical (unpaired) electrons. The molecule has 2 aromatic heterocycles. The summed E-state index contributed by atoms with van der Waals surface area (Å²) >= 11 is 0. The van der Waals surface area contributed by atoms with E-state index in [1.807, 2.05) is 19.3 Å². The molecule has 2 aliphatic heterocycles. The Morgan fingerprint density at radius 2 is 1.46 bits per heavy atom. The molecule has 4 heterocycles. The van der Waals surface area contributed by atoms with E-state index in [9.17, 15) is 4.39 Å². The number of hydrogen-bond acceptors (Lipinski definition) is 6. The van der Waals surface area contributed by atoms with Crippen molar-refractivity contribution in [2.75, 3.05) is 36.0 Å². The lowest BCUT2D eigenvalue weighted by Crippen LogP contribution is -2.45. The minimum Gasteiger partial charge on any atom is -0.340 e. The van der Waals surface area contributed by atoms with Gasteiger partial charge in [-0.3, -0.25) is 0 Å². The molecule has 7 heteroatoms. The first-order chi connectivity index (χ1) is 11.6. The Kier molecular flexibility index (Phi) is 3.78. The highest BCUT2D eigenvalue weighted by Crippen LogP contribution is 2.40. The van der Waals surface area contributed by atoms with Crippen LogP contribution in [0.2, 0.25) is 0 Å². The number of anilines is 2. The predicted molar refractivity (Wildman–Crippen MR) is 89.5 cm³/mol. The maximum Gasteiger partial charge on any atom is 0.225 e. The summed E-state index contributed by atoms with van der Waals surface area (Å²) in [4.78, 5) is 21.7. The predicted octanol–water partition coefficient (Wildman–Crippen LogP) is 2.21. The summed E-state index contributed by atoms with van der Waals surface area (Å²) in [5, 5.41) is 0. The van der Waals surface area contributed by atoms with Crippen LogP contribution in [0.25, 0.3) is 0 Å². The Balaban J connectivity index is 1.49. The van der Waals surface area contributed by atoms with Crippen molar-refractivity contribution in [1.82, 2.24) is 19.9 Å². The van der Waals surface area contributed by atoms with Crippen LogP contribution in [0.4, 0.5) is 16.3 Å². The minimum atomic E-state index is -0.394. The van der Waals surface area contributed by atoms with Crippen molar-refractivity contribution in [3.8, 4) is 0 Å². The van der Waals surface area contributed by atoms with Crippen LogP contribution in [-0.4, -0.2) is 46.1 Å². The Morgan fingerprint density at radius 3 is 2.12 bits per heavy atom. The molecule has 0 aliphatic carbocycles. The number of rotatable bonds is 2. The highest BCUT2D eigenvalue weighted by Gasteiger charge is 2.42. The highest BCUT2D eigenvalue weighted by atomic mass is 19.1. The van der Waals surface area contributed by atoms with E-state index in [0.29, 0.717) is 5.95 Å². The molecular weight excluding hydrogens is 307 g/mol. The van der Waals surface area contributed by atoms with Crippen molar-refractivity contribution < 1.29 is 4.39 Å². The van der Waals surface area contributed by atoms with Gasteiger partial charge >= 0.3 is 0 Å². The molecule has 0 bridgehead atoms. The van der Waals surface area contributed by atoms with Gasteiger partial charge in [-0.25, -0.2) is 24.3 Å². The Hall–Kier alpha value is -2.31. The maximum atomic E-state index is 13.1. The fourth-order valence-corrected chi connectivity index (χ4v) is 3.84. The van der Waals surface area contributed by atoms with Crippen LogP contribution in [0.15, 0.2) is 24.8 Å². The molecule has 2 saturated heterocycles. The third-order valence-corrected chi connectivity index (χ3v) is 5.04. The second-order valence-corrected chi connectivity index (χ2v) is 6.96. The van der Waals surface area contributed by atoms with E-state index in [4.69, 9.17) is 0 Å². The van der Waals surface area contributed by atoms with Gasteiger partial charge in [0, 0.05) is 44.0 Å². The molecule has 2 aromatic rings. The summed E-state index contributed by atoms with van der Waals surface area (Å²) in [6, 6.07) is 0. The molecule has 6 nitrogen and oxygen atoms in total. The van der Waals surface area contributed by atoms with Gasteiger partial charge in [-0.15, -0.1) is 0 Å². The van der Waals surface area contributed by atoms with Crippen molar-refractivity contribution in [2.24, 2.45) is 5.41 Å². The van der Waals surface area contributed by atoms with Crippen molar-refractivity contribution in [2.45, 2.75) is 26.2 Å². The molecule has 126 valence electrons. The van der Waals surface area contributed by atoms with E-state index in [-0.39, 0.29) is 5.41 Å². The zero-order valence-electron chi connectivity index (χ0n) is 13.8. The topological polar surface area (TPSA) is 58.0 Å². The van der Waals surface area contributed by atoms with Crippen LogP contribution in [0.5, 0.6) is 0 Å². The summed E-state index contributed by atoms with van der Waals surface area (Å²) < 4.78 is 13.1. The summed E-state index contributed by atoms with van der Waals surface area (Å²) in [5.41, 5.74) is 1.29. The van der Waals surface area contributed by atoms with Gasteiger partial charge in [-0.1, -0.05) is 0 Å². The van der Waals surface area contributed by atoms with E-state index in [2.05, 4.69) is 29.7 Å². The van der Waals surface area contributed by atoms with Gasteiger partial charge in [0.25, 0.3) is 0 Å². The number of aryl methyl sites for hydroxylation is 1. The van der Waals surface area contributed by atoms with Crippen LogP contribution >= 0.6 is 0 Å². The van der Waals surface area contributed by atoms with Gasteiger partial charge in [-0.05, 0) is 31.7 Å². The maximum absolute atomic E-state index is 13.1. The average Bonchev–Trinajstić information content (AvgIpc) is 2.99. The summed E-state index contributed by atoms with van der Waals surface area (Å²) in [6.07, 6.45) is 9.62. The van der Waals surface area contributed by atoms with Gasteiger partial charge in [0.2, 0.25) is 11.9 Å². The van der Waals surface area contributed by atoms with Crippen molar-refractivity contribution in [3.05, 3.63) is 36.2 Å². The fraction of sp³-hybridized carbons (Fsp3) is 0.529. The molecule has 2 fully saturated rings. The number of piperidine rings is 1. The van der Waals surface area contributed by atoms with Gasteiger partial charge in [-0.2, -0.15) is 0 Å². The second-order valence-electron chi connectivity index (χ2n) is 6.96. The van der Waals surface area contributed by atoms with Gasteiger partial charge in [0.05, 0.1) is 12.4 Å². The number of hydrogen-bond donors (Lipinski definition) is 0. The molecule has 4 rings (SSSR count). The number of nitrogens with zero attached hydrogens (tertiary/aromatic N) is 6. The van der Waals surface area contributed by atoms with E-state index in [0.717, 1.165) is 50.5 Å². The third-order valence-electron chi connectivity index (χ3n) is 5.04. The van der Waals surface area contributed by atoms with Crippen LogP contribution in [0, 0.1) is 18.2 Å². The molecule has 24 heavy (non-hydrogen) atoms. The largest absolute Gasteiger partial charge is 0.340 e. The number of halogens is 1. The van der Waals surface area contributed by atoms with Crippen molar-refractivity contribution in [3.63, 3.8) is 0 Å². The van der Waals surface area contributed by atoms with E-state index < -0.39 is 5.82 Å². The molecule has 0 unspecified atom stereocenters. The van der Waals surface area contributed by atoms with Crippen LogP contribution in [0.3, 0.4) is 0 Å². The lowest BCUT2D eigenvalue weighted by Gasteiger charge is -2.40. The van der Waals surface area contributed by atoms with Crippen molar-refractivity contribution >= 4 is 11.9 Å². The Labute approximate surface area is 140 Å². The molecule has 0 saturated carbocycles. The van der Waals surface area contributed by atoms with E-state index in [1.54, 1.807) is 0 Å². The minimum absolute atomic E-state index is 0.213. The lowest BCUT2D eigenvalue weighted by atomic mass is 9.79. The molecule has 0 aromatic carbocycles. The first-order valence-electron chi connectivity index (χ1n) is 8.40. The molecule has 0 amide bonds. The van der Waals surface area contributed by atoms with Gasteiger partial charge < -0.3 is 9.80 Å². The van der Waals surface area contributed by atoms with E-state index >= 15 is 0 Å². The SMILES string of the molecule is Cc1cnc(N2CC[C@]3(CCCN(c4ncc(F)cn4)C3)C2)nc1. The second kappa shape index (κ2) is 5.96. The first-order valence-corrected chi connectivity index (χ1v) is 8.40. The lowest BCUT2D eigenvalue weighted by molar-refractivity contribution is 0.262. The van der Waals surface area contributed by atoms with E-state index in [1.165, 1.54) is 18.8 Å². The zero-order chi connectivity index (χ0) is 16.6. The van der Waals surface area contributed by atoms with Crippen molar-refractivity contribution in [1.29, 1.82) is 0 Å². The zero-order valence-corrected chi connectivity index (χ0v) is 13.8. The average molecular weight is 328 g/mol. The number of aromatic nitrogens is 4. The highest BCUT2D eigenvalue weighted by molar-refractivity contribution is 5.36.